The molecule has 126 valence electrons. The number of hydrogen-bond donors (Lipinski definition) is 3. The van der Waals surface area contributed by atoms with Crippen molar-refractivity contribution in [2.24, 2.45) is 0 Å². The van der Waals surface area contributed by atoms with Crippen molar-refractivity contribution >= 4 is 34.5 Å². The van der Waals surface area contributed by atoms with Gasteiger partial charge < -0.3 is 15.5 Å². The first-order valence-electron chi connectivity index (χ1n) is 6.77. The smallest absolute Gasteiger partial charge is 0.305 e. The molecule has 0 heterocycles. The van der Waals surface area contributed by atoms with Gasteiger partial charge in [0.1, 0.15) is 17.4 Å². The third-order valence-electron chi connectivity index (χ3n) is 3.17. The zero-order chi connectivity index (χ0) is 17.9. The Morgan fingerprint density at radius 2 is 1.88 bits per heavy atom. The summed E-state index contributed by atoms with van der Waals surface area (Å²) in [6, 6.07) is 5.77. The van der Waals surface area contributed by atoms with Gasteiger partial charge in [-0.25, -0.2) is 8.78 Å². The predicted molar refractivity (Wildman–Crippen MR) is 90.8 cm³/mol. The lowest BCUT2D eigenvalue weighted by atomic mass is 10.0. The van der Waals surface area contributed by atoms with Gasteiger partial charge in [-0.3, -0.25) is 9.59 Å². The van der Waals surface area contributed by atoms with Crippen molar-refractivity contribution in [2.45, 2.75) is 6.42 Å². The molecule has 0 aliphatic rings. The lowest BCUT2D eigenvalue weighted by molar-refractivity contribution is -0.136. The fourth-order valence-electron chi connectivity index (χ4n) is 2.03. The summed E-state index contributed by atoms with van der Waals surface area (Å²) in [4.78, 5) is 22.6. The summed E-state index contributed by atoms with van der Waals surface area (Å²) < 4.78 is 27.3. The topological polar surface area (TPSA) is 86.6 Å². The van der Waals surface area contributed by atoms with Gasteiger partial charge in [0, 0.05) is 18.2 Å². The second-order valence-electron chi connectivity index (χ2n) is 4.88. The average molecular weight is 447 g/mol. The molecular formula is C16H12F2INO4. The van der Waals surface area contributed by atoms with Crippen LogP contribution < -0.4 is 5.32 Å². The molecule has 2 aromatic rings. The van der Waals surface area contributed by atoms with Crippen LogP contribution in [0.2, 0.25) is 0 Å². The van der Waals surface area contributed by atoms with Crippen molar-refractivity contribution in [3.05, 3.63) is 51.1 Å². The van der Waals surface area contributed by atoms with Crippen molar-refractivity contribution in [3.63, 3.8) is 0 Å². The van der Waals surface area contributed by atoms with Gasteiger partial charge in [-0.15, -0.1) is 0 Å². The van der Waals surface area contributed by atoms with Crippen LogP contribution in [0.25, 0.3) is 11.1 Å². The molecule has 0 unspecified atom stereocenters. The van der Waals surface area contributed by atoms with E-state index < -0.39 is 23.5 Å². The van der Waals surface area contributed by atoms with E-state index in [1.165, 1.54) is 18.2 Å². The minimum absolute atomic E-state index is 0.0777. The number of aromatic hydroxyl groups is 1. The fourth-order valence-corrected chi connectivity index (χ4v) is 2.66. The van der Waals surface area contributed by atoms with Crippen LogP contribution in [-0.2, 0) is 4.79 Å². The molecule has 0 spiro atoms. The van der Waals surface area contributed by atoms with Crippen LogP contribution in [0, 0.1) is 15.2 Å². The molecule has 0 bridgehead atoms. The second kappa shape index (κ2) is 7.56. The molecule has 2 rings (SSSR count). The number of nitrogens with one attached hydrogen (secondary N) is 1. The zero-order valence-electron chi connectivity index (χ0n) is 12.1. The summed E-state index contributed by atoms with van der Waals surface area (Å²) in [6.45, 7) is -0.112. The first kappa shape index (κ1) is 18.1. The molecular weight excluding hydrogens is 435 g/mol. The van der Waals surface area contributed by atoms with Gasteiger partial charge >= 0.3 is 5.97 Å². The number of rotatable bonds is 5. The van der Waals surface area contributed by atoms with Crippen LogP contribution in [0.5, 0.6) is 5.75 Å². The number of carboxylic acid groups (broad SMARTS) is 1. The van der Waals surface area contributed by atoms with Gasteiger partial charge in [0.2, 0.25) is 0 Å². The number of benzene rings is 2. The number of carboxylic acids is 1. The standard InChI is InChI=1S/C16H12F2INO4/c17-9-1-2-10(12(18)7-9)8-5-11(15(23)13(19)6-8)16(24)20-4-3-14(21)22/h1-2,5-7,23H,3-4H2,(H,20,24)(H,21,22). The van der Waals surface area contributed by atoms with E-state index in [0.717, 1.165) is 12.1 Å². The lowest BCUT2D eigenvalue weighted by Gasteiger charge is -2.11. The quantitative estimate of drug-likeness (QED) is 0.615. The summed E-state index contributed by atoms with van der Waals surface area (Å²) in [6.07, 6.45) is -0.268. The normalized spacial score (nSPS) is 10.5. The average Bonchev–Trinajstić information content (AvgIpc) is 2.49. The van der Waals surface area contributed by atoms with Gasteiger partial charge in [-0.2, -0.15) is 0 Å². The van der Waals surface area contributed by atoms with E-state index in [-0.39, 0.29) is 35.4 Å². The van der Waals surface area contributed by atoms with E-state index in [4.69, 9.17) is 5.11 Å². The van der Waals surface area contributed by atoms with Crippen LogP contribution in [0.3, 0.4) is 0 Å². The Morgan fingerprint density at radius 1 is 1.17 bits per heavy atom. The monoisotopic (exact) mass is 447 g/mol. The molecule has 0 fully saturated rings. The Kier molecular flexibility index (Phi) is 5.71. The van der Waals surface area contributed by atoms with Gasteiger partial charge in [0.25, 0.3) is 5.91 Å². The van der Waals surface area contributed by atoms with Gasteiger partial charge in [-0.1, -0.05) is 0 Å². The molecule has 0 aromatic heterocycles. The van der Waals surface area contributed by atoms with Gasteiger partial charge in [0.05, 0.1) is 15.6 Å². The maximum Gasteiger partial charge on any atom is 0.305 e. The Hall–Kier alpha value is -2.23. The Labute approximate surface area is 149 Å². The zero-order valence-corrected chi connectivity index (χ0v) is 14.3. The molecule has 0 aliphatic carbocycles. The third kappa shape index (κ3) is 4.19. The van der Waals surface area contributed by atoms with Crippen molar-refractivity contribution in [1.29, 1.82) is 0 Å². The fraction of sp³-hybridized carbons (Fsp3) is 0.125. The molecule has 0 saturated carbocycles. The van der Waals surface area contributed by atoms with E-state index in [1.54, 1.807) is 22.6 Å². The minimum atomic E-state index is -1.07. The number of phenolic OH excluding ortho intramolecular Hbond substituents is 1. The number of carbonyl (C=O) groups excluding carboxylic acids is 1. The third-order valence-corrected chi connectivity index (χ3v) is 4.00. The molecule has 5 nitrogen and oxygen atoms in total. The lowest BCUT2D eigenvalue weighted by Crippen LogP contribution is -2.26. The van der Waals surface area contributed by atoms with Crippen LogP contribution in [0.1, 0.15) is 16.8 Å². The van der Waals surface area contributed by atoms with Crippen molar-refractivity contribution in [2.75, 3.05) is 6.54 Å². The van der Waals surface area contributed by atoms with E-state index in [0.29, 0.717) is 3.57 Å². The molecule has 1 amide bonds. The highest BCUT2D eigenvalue weighted by Crippen LogP contribution is 2.32. The molecule has 8 heteroatoms. The Balaban J connectivity index is 2.37. The van der Waals surface area contributed by atoms with E-state index in [2.05, 4.69) is 5.32 Å². The Morgan fingerprint density at radius 3 is 2.50 bits per heavy atom. The highest BCUT2D eigenvalue weighted by Gasteiger charge is 2.17. The van der Waals surface area contributed by atoms with E-state index in [1.807, 2.05) is 0 Å². The number of amides is 1. The predicted octanol–water partition coefficient (Wildman–Crippen LogP) is 3.15. The Bertz CT molecular complexity index is 811. The molecule has 0 radical (unpaired) electrons. The number of carbonyl (C=O) groups is 2. The first-order valence-corrected chi connectivity index (χ1v) is 7.85. The van der Waals surface area contributed by atoms with Gasteiger partial charge in [-0.05, 0) is 52.4 Å². The molecule has 0 saturated heterocycles. The van der Waals surface area contributed by atoms with Crippen molar-refractivity contribution in [1.82, 2.24) is 5.32 Å². The summed E-state index contributed by atoms with van der Waals surface area (Å²) >= 11 is 1.78. The summed E-state index contributed by atoms with van der Waals surface area (Å²) in [5.41, 5.74) is 0.248. The van der Waals surface area contributed by atoms with Crippen LogP contribution >= 0.6 is 22.6 Å². The SMILES string of the molecule is O=C(O)CCNC(=O)c1cc(-c2ccc(F)cc2F)cc(I)c1O. The van der Waals surface area contributed by atoms with Crippen molar-refractivity contribution in [3.8, 4) is 16.9 Å². The highest BCUT2D eigenvalue weighted by molar-refractivity contribution is 14.1. The first-order chi connectivity index (χ1) is 11.3. The number of hydrogen-bond acceptors (Lipinski definition) is 3. The highest BCUT2D eigenvalue weighted by atomic mass is 127. The van der Waals surface area contributed by atoms with Crippen LogP contribution in [0.4, 0.5) is 8.78 Å². The largest absolute Gasteiger partial charge is 0.506 e. The maximum atomic E-state index is 13.9. The van der Waals surface area contributed by atoms with E-state index in [9.17, 15) is 23.5 Å². The number of aliphatic carboxylic acids is 1. The molecule has 0 aliphatic heterocycles. The minimum Gasteiger partial charge on any atom is -0.506 e. The van der Waals surface area contributed by atoms with E-state index >= 15 is 0 Å². The summed E-state index contributed by atoms with van der Waals surface area (Å²) in [7, 11) is 0. The molecule has 24 heavy (non-hydrogen) atoms. The van der Waals surface area contributed by atoms with Gasteiger partial charge in [0.15, 0.2) is 0 Å². The summed E-state index contributed by atoms with van der Waals surface area (Å²) in [5.74, 6) is -3.58. The second-order valence-corrected chi connectivity index (χ2v) is 6.04. The van der Waals surface area contributed by atoms with Crippen LogP contribution in [0.15, 0.2) is 30.3 Å². The molecule has 3 N–H and O–H groups in total. The van der Waals surface area contributed by atoms with Crippen molar-refractivity contribution < 1.29 is 28.6 Å². The number of halogens is 3. The number of phenols is 1. The molecule has 2 aromatic carbocycles. The van der Waals surface area contributed by atoms with Crippen LogP contribution in [-0.4, -0.2) is 28.6 Å². The molecule has 0 atom stereocenters. The summed E-state index contributed by atoms with van der Waals surface area (Å²) in [5, 5.41) is 21.0. The maximum absolute atomic E-state index is 13.9.